The van der Waals surface area contributed by atoms with Crippen LogP contribution in [0, 0.1) is 6.42 Å². The summed E-state index contributed by atoms with van der Waals surface area (Å²) in [4.78, 5) is 0. The van der Waals surface area contributed by atoms with Crippen LogP contribution in [0.15, 0.2) is 127 Å². The van der Waals surface area contributed by atoms with E-state index in [1.165, 1.54) is 21.5 Å². The van der Waals surface area contributed by atoms with Crippen LogP contribution >= 0.6 is 7.26 Å². The minimum atomic E-state index is -1.90. The third-order valence-corrected chi connectivity index (χ3v) is 8.66. The van der Waals surface area contributed by atoms with E-state index in [9.17, 15) is 0 Å². The number of allylic oxidation sites excluding steroid dienone is 5. The van der Waals surface area contributed by atoms with Gasteiger partial charge in [0.2, 0.25) is 0 Å². The highest BCUT2D eigenvalue weighted by atomic mass is 35.5. The molecule has 0 saturated carbocycles. The SMILES string of the molecule is C1=C[CH+]C(=C[P+](c2ccccc2)(c2ccccc2)c2ccccc2)C=C1.[Cl-]. The summed E-state index contributed by atoms with van der Waals surface area (Å²) in [7, 11) is -1.90. The molecule has 0 saturated heterocycles. The van der Waals surface area contributed by atoms with Crippen LogP contribution in [0.25, 0.3) is 0 Å². The Morgan fingerprint density at radius 2 is 1.04 bits per heavy atom. The Morgan fingerprint density at radius 1 is 0.593 bits per heavy atom. The van der Waals surface area contributed by atoms with Gasteiger partial charge in [0.15, 0.2) is 13.1 Å². The zero-order chi connectivity index (χ0) is 17.7. The second kappa shape index (κ2) is 8.91. The molecular formula is C25H21ClP+. The lowest BCUT2D eigenvalue weighted by Crippen LogP contribution is -3.00. The smallest absolute Gasteiger partial charge is 0.174 e. The van der Waals surface area contributed by atoms with Crippen molar-refractivity contribution in [3.8, 4) is 0 Å². The monoisotopic (exact) mass is 387 g/mol. The molecule has 0 atom stereocenters. The number of benzene rings is 3. The van der Waals surface area contributed by atoms with Crippen molar-refractivity contribution in [1.82, 2.24) is 0 Å². The van der Waals surface area contributed by atoms with Crippen molar-refractivity contribution in [1.29, 1.82) is 0 Å². The Hall–Kier alpha value is -2.53. The molecule has 0 N–H and O–H groups in total. The molecule has 27 heavy (non-hydrogen) atoms. The fraction of sp³-hybridized carbons (Fsp3) is 0. The summed E-state index contributed by atoms with van der Waals surface area (Å²) in [5.74, 6) is 2.49. The van der Waals surface area contributed by atoms with Crippen LogP contribution in [0.4, 0.5) is 0 Å². The van der Waals surface area contributed by atoms with E-state index in [1.807, 2.05) is 0 Å². The van der Waals surface area contributed by atoms with Crippen LogP contribution in [0.1, 0.15) is 0 Å². The molecule has 0 fully saturated rings. The molecule has 0 radical (unpaired) electrons. The van der Waals surface area contributed by atoms with Crippen molar-refractivity contribution in [3.63, 3.8) is 0 Å². The first-order chi connectivity index (χ1) is 12.9. The zero-order valence-corrected chi connectivity index (χ0v) is 16.6. The molecule has 2 heteroatoms. The molecule has 0 amide bonds. The Labute approximate surface area is 168 Å². The third-order valence-electron chi connectivity index (χ3n) is 4.63. The highest BCUT2D eigenvalue weighted by molar-refractivity contribution is 7.98. The van der Waals surface area contributed by atoms with Gasteiger partial charge in [-0.05, 0) is 36.4 Å². The normalized spacial score (nSPS) is 14.4. The molecule has 132 valence electrons. The lowest BCUT2D eigenvalue weighted by atomic mass is 10.1. The molecule has 1 aliphatic carbocycles. The van der Waals surface area contributed by atoms with Gasteiger partial charge < -0.3 is 12.4 Å². The lowest BCUT2D eigenvalue weighted by molar-refractivity contribution is -0.00000490. The standard InChI is InChI=1S/C25H21P.ClH/c1-5-13-22(14-6-1)21-26(23-15-7-2-8-16-23,24-17-9-3-10-18-24)25-19-11-4-12-20-25;/h1-21H;1H/q+2;/p-1. The molecule has 3 aromatic carbocycles. The second-order valence-corrected chi connectivity index (χ2v) is 9.52. The van der Waals surface area contributed by atoms with Crippen LogP contribution in [0.3, 0.4) is 0 Å². The summed E-state index contributed by atoms with van der Waals surface area (Å²) < 4.78 is 0. The van der Waals surface area contributed by atoms with Crippen LogP contribution in [0.2, 0.25) is 0 Å². The van der Waals surface area contributed by atoms with E-state index in [2.05, 4.69) is 128 Å². The van der Waals surface area contributed by atoms with Gasteiger partial charge in [-0.3, -0.25) is 0 Å². The summed E-state index contributed by atoms with van der Waals surface area (Å²) in [5.41, 5.74) is 1.26. The van der Waals surface area contributed by atoms with Gasteiger partial charge in [-0.2, -0.15) is 0 Å². The number of hydrogen-bond acceptors (Lipinski definition) is 0. The Kier molecular flexibility index (Phi) is 6.35. The maximum atomic E-state index is 2.49. The Balaban J connectivity index is 0.00000210. The Bertz CT molecular complexity index is 845. The van der Waals surface area contributed by atoms with Crippen LogP contribution < -0.4 is 28.3 Å². The lowest BCUT2D eigenvalue weighted by Gasteiger charge is -2.22. The number of hydrogen-bond donors (Lipinski definition) is 0. The average molecular weight is 388 g/mol. The van der Waals surface area contributed by atoms with Crippen molar-refractivity contribution >= 4 is 23.2 Å². The molecule has 1 aliphatic rings. The fourth-order valence-corrected chi connectivity index (χ4v) is 7.31. The van der Waals surface area contributed by atoms with Gasteiger partial charge in [-0.25, -0.2) is 0 Å². The van der Waals surface area contributed by atoms with E-state index in [-0.39, 0.29) is 12.4 Å². The summed E-state index contributed by atoms with van der Waals surface area (Å²) in [6.45, 7) is 0. The maximum absolute atomic E-state index is 2.49. The van der Waals surface area contributed by atoms with Gasteiger partial charge in [0, 0.05) is 30.7 Å². The van der Waals surface area contributed by atoms with E-state index < -0.39 is 7.26 Å². The van der Waals surface area contributed by atoms with Gasteiger partial charge in [-0.1, -0.05) is 54.6 Å². The topological polar surface area (TPSA) is 0 Å². The van der Waals surface area contributed by atoms with Gasteiger partial charge in [0.05, 0.1) is 0 Å². The molecule has 0 aliphatic heterocycles. The summed E-state index contributed by atoms with van der Waals surface area (Å²) in [5, 5.41) is 4.13. The van der Waals surface area contributed by atoms with E-state index in [0.717, 1.165) is 0 Å². The van der Waals surface area contributed by atoms with Gasteiger partial charge >= 0.3 is 0 Å². The summed E-state index contributed by atoms with van der Waals surface area (Å²) in [6.07, 6.45) is 10.7. The van der Waals surface area contributed by atoms with Gasteiger partial charge in [0.1, 0.15) is 21.5 Å². The van der Waals surface area contributed by atoms with E-state index in [0.29, 0.717) is 0 Å². The van der Waals surface area contributed by atoms with E-state index in [4.69, 9.17) is 0 Å². The van der Waals surface area contributed by atoms with Crippen molar-refractivity contribution in [2.24, 2.45) is 0 Å². The molecule has 0 bridgehead atoms. The van der Waals surface area contributed by atoms with Crippen LogP contribution in [-0.4, -0.2) is 0 Å². The van der Waals surface area contributed by atoms with Crippen molar-refractivity contribution in [2.45, 2.75) is 0 Å². The largest absolute Gasteiger partial charge is 1.00 e. The highest BCUT2D eigenvalue weighted by Gasteiger charge is 2.46. The molecule has 0 nitrogen and oxygen atoms in total. The predicted molar refractivity (Wildman–Crippen MR) is 116 cm³/mol. The van der Waals surface area contributed by atoms with E-state index >= 15 is 0 Å². The molecule has 4 rings (SSSR count). The van der Waals surface area contributed by atoms with Gasteiger partial charge in [-0.15, -0.1) is 0 Å². The average Bonchev–Trinajstić information content (AvgIpc) is 2.75. The number of rotatable bonds is 4. The minimum absolute atomic E-state index is 0. The van der Waals surface area contributed by atoms with Crippen molar-refractivity contribution in [3.05, 3.63) is 133 Å². The molecule has 0 unspecified atom stereocenters. The Morgan fingerprint density at radius 3 is 1.41 bits per heavy atom. The van der Waals surface area contributed by atoms with Crippen LogP contribution in [0.5, 0.6) is 0 Å². The quantitative estimate of drug-likeness (QED) is 0.475. The van der Waals surface area contributed by atoms with E-state index in [1.54, 1.807) is 0 Å². The summed E-state index contributed by atoms with van der Waals surface area (Å²) in [6, 6.07) is 32.8. The first-order valence-electron chi connectivity index (χ1n) is 8.86. The predicted octanol–water partition coefficient (Wildman–Crippen LogP) is 2.20. The first-order valence-corrected chi connectivity index (χ1v) is 10.7. The third kappa shape index (κ3) is 3.93. The first kappa shape index (κ1) is 19.2. The van der Waals surface area contributed by atoms with Gasteiger partial charge in [0.25, 0.3) is 0 Å². The molecule has 3 aromatic rings. The highest BCUT2D eigenvalue weighted by Crippen LogP contribution is 2.57. The molecular weight excluding hydrogens is 367 g/mol. The van der Waals surface area contributed by atoms with Crippen LogP contribution in [-0.2, 0) is 0 Å². The zero-order valence-electron chi connectivity index (χ0n) is 14.9. The maximum Gasteiger partial charge on any atom is 0.174 e. The van der Waals surface area contributed by atoms with Crippen molar-refractivity contribution < 1.29 is 12.4 Å². The molecule has 0 spiro atoms. The number of halogens is 1. The second-order valence-electron chi connectivity index (χ2n) is 6.27. The molecule has 0 aromatic heterocycles. The minimum Gasteiger partial charge on any atom is -1.00 e. The van der Waals surface area contributed by atoms with Crippen molar-refractivity contribution in [2.75, 3.05) is 0 Å². The molecule has 0 heterocycles. The summed E-state index contributed by atoms with van der Waals surface area (Å²) >= 11 is 0. The fourth-order valence-electron chi connectivity index (χ4n) is 3.42.